The van der Waals surface area contributed by atoms with Gasteiger partial charge in [0.2, 0.25) is 5.91 Å². The fraction of sp³-hybridized carbons (Fsp3) is 0.417. The van der Waals surface area contributed by atoms with Crippen molar-refractivity contribution in [2.75, 3.05) is 11.4 Å². The molecule has 0 saturated heterocycles. The van der Waals surface area contributed by atoms with Crippen molar-refractivity contribution in [3.63, 3.8) is 0 Å². The highest BCUT2D eigenvalue weighted by Crippen LogP contribution is 2.16. The van der Waals surface area contributed by atoms with E-state index < -0.39 is 6.04 Å². The van der Waals surface area contributed by atoms with Crippen LogP contribution in [0, 0.1) is 6.92 Å². The van der Waals surface area contributed by atoms with Gasteiger partial charge >= 0.3 is 0 Å². The maximum absolute atomic E-state index is 11.8. The van der Waals surface area contributed by atoms with Crippen LogP contribution < -0.4 is 10.6 Å². The van der Waals surface area contributed by atoms with Crippen LogP contribution in [0.2, 0.25) is 0 Å². The molecule has 1 aromatic rings. The van der Waals surface area contributed by atoms with Crippen LogP contribution in [0.3, 0.4) is 0 Å². The lowest BCUT2D eigenvalue weighted by Crippen LogP contribution is -2.42. The molecule has 1 rings (SSSR count). The maximum Gasteiger partial charge on any atom is 0.243 e. The van der Waals surface area contributed by atoms with Crippen molar-refractivity contribution >= 4 is 24.0 Å². The summed E-state index contributed by atoms with van der Waals surface area (Å²) in [4.78, 5) is 13.5. The number of halogens is 1. The number of nitrogens with zero attached hydrogens (tertiary/aromatic N) is 1. The number of likely N-dealkylation sites (N-methyl/N-ethyl adjacent to an activating group) is 1. The van der Waals surface area contributed by atoms with E-state index in [9.17, 15) is 4.79 Å². The number of rotatable bonds is 3. The van der Waals surface area contributed by atoms with E-state index in [2.05, 4.69) is 0 Å². The highest BCUT2D eigenvalue weighted by atomic mass is 35.5. The standard InChI is InChI=1S/C12H18N2O.ClH/c1-4-14(12(15)10(3)13)11-7-5-6-9(2)8-11;/h5-8,10H,4,13H2,1-3H3;1H/t10-;/m0./s1. The van der Waals surface area contributed by atoms with Crippen LogP contribution in [-0.4, -0.2) is 18.5 Å². The average Bonchev–Trinajstić information content (AvgIpc) is 2.18. The third-order valence-corrected chi connectivity index (χ3v) is 2.29. The minimum Gasteiger partial charge on any atom is -0.320 e. The molecule has 90 valence electrons. The summed E-state index contributed by atoms with van der Waals surface area (Å²) in [6.07, 6.45) is 0. The minimum atomic E-state index is -0.453. The second-order valence-electron chi connectivity index (χ2n) is 3.71. The van der Waals surface area contributed by atoms with Crippen LogP contribution in [-0.2, 0) is 4.79 Å². The van der Waals surface area contributed by atoms with Gasteiger partial charge in [0.25, 0.3) is 0 Å². The van der Waals surface area contributed by atoms with Crippen LogP contribution in [0.1, 0.15) is 19.4 Å². The summed E-state index contributed by atoms with van der Waals surface area (Å²) in [5.41, 5.74) is 7.66. The molecule has 4 heteroatoms. The van der Waals surface area contributed by atoms with Crippen LogP contribution in [0.25, 0.3) is 0 Å². The summed E-state index contributed by atoms with van der Waals surface area (Å²) in [6.45, 7) is 6.31. The second-order valence-corrected chi connectivity index (χ2v) is 3.71. The van der Waals surface area contributed by atoms with Gasteiger partial charge in [0, 0.05) is 12.2 Å². The zero-order chi connectivity index (χ0) is 11.4. The van der Waals surface area contributed by atoms with Crippen molar-refractivity contribution in [1.82, 2.24) is 0 Å². The smallest absolute Gasteiger partial charge is 0.243 e. The Bertz CT molecular complexity index is 353. The van der Waals surface area contributed by atoms with E-state index in [-0.39, 0.29) is 18.3 Å². The third kappa shape index (κ3) is 3.51. The highest BCUT2D eigenvalue weighted by molar-refractivity contribution is 5.96. The Kier molecular flexibility index (Phi) is 6.08. The van der Waals surface area contributed by atoms with E-state index >= 15 is 0 Å². The number of hydrogen-bond donors (Lipinski definition) is 1. The van der Waals surface area contributed by atoms with Crippen molar-refractivity contribution in [3.05, 3.63) is 29.8 Å². The Labute approximate surface area is 103 Å². The second kappa shape index (κ2) is 6.51. The molecule has 0 bridgehead atoms. The Balaban J connectivity index is 0.00000225. The zero-order valence-electron chi connectivity index (χ0n) is 9.93. The quantitative estimate of drug-likeness (QED) is 0.883. The fourth-order valence-electron chi connectivity index (χ4n) is 1.51. The van der Waals surface area contributed by atoms with E-state index in [1.54, 1.807) is 11.8 Å². The van der Waals surface area contributed by atoms with Gasteiger partial charge < -0.3 is 10.6 Å². The summed E-state index contributed by atoms with van der Waals surface area (Å²) >= 11 is 0. The Morgan fingerprint density at radius 3 is 2.56 bits per heavy atom. The SMILES string of the molecule is CCN(C(=O)[C@H](C)N)c1cccc(C)c1.Cl. The summed E-state index contributed by atoms with van der Waals surface area (Å²) < 4.78 is 0. The molecule has 0 fully saturated rings. The molecule has 0 heterocycles. The number of anilines is 1. The third-order valence-electron chi connectivity index (χ3n) is 2.29. The first kappa shape index (κ1) is 14.9. The van der Waals surface area contributed by atoms with Crippen molar-refractivity contribution in [1.29, 1.82) is 0 Å². The minimum absolute atomic E-state index is 0. The predicted molar refractivity (Wildman–Crippen MR) is 70.1 cm³/mol. The number of carbonyl (C=O) groups excluding carboxylic acids is 1. The number of aryl methyl sites for hydroxylation is 1. The molecule has 2 N–H and O–H groups in total. The van der Waals surface area contributed by atoms with E-state index in [0.717, 1.165) is 11.3 Å². The lowest BCUT2D eigenvalue weighted by molar-refractivity contribution is -0.119. The highest BCUT2D eigenvalue weighted by Gasteiger charge is 2.17. The largest absolute Gasteiger partial charge is 0.320 e. The van der Waals surface area contributed by atoms with Gasteiger partial charge in [0.05, 0.1) is 6.04 Å². The van der Waals surface area contributed by atoms with Gasteiger partial charge in [-0.05, 0) is 38.5 Å². The molecule has 0 aliphatic carbocycles. The molecular formula is C12H19ClN2O. The molecule has 0 saturated carbocycles. The summed E-state index contributed by atoms with van der Waals surface area (Å²) in [5.74, 6) is -0.0388. The van der Waals surface area contributed by atoms with Crippen molar-refractivity contribution in [2.45, 2.75) is 26.8 Å². The summed E-state index contributed by atoms with van der Waals surface area (Å²) in [6, 6.07) is 7.42. The first-order valence-electron chi connectivity index (χ1n) is 5.20. The molecule has 1 amide bonds. The lowest BCUT2D eigenvalue weighted by Gasteiger charge is -2.23. The molecule has 0 radical (unpaired) electrons. The molecule has 1 atom stereocenters. The first-order chi connectivity index (χ1) is 7.06. The van der Waals surface area contributed by atoms with Gasteiger partial charge in [-0.25, -0.2) is 0 Å². The van der Waals surface area contributed by atoms with Crippen molar-refractivity contribution in [3.8, 4) is 0 Å². The topological polar surface area (TPSA) is 46.3 Å². The van der Waals surface area contributed by atoms with Crippen LogP contribution in [0.5, 0.6) is 0 Å². The lowest BCUT2D eigenvalue weighted by atomic mass is 10.2. The number of nitrogens with two attached hydrogens (primary N) is 1. The molecular weight excluding hydrogens is 224 g/mol. The monoisotopic (exact) mass is 242 g/mol. The molecule has 0 aromatic heterocycles. The first-order valence-corrected chi connectivity index (χ1v) is 5.20. The summed E-state index contributed by atoms with van der Waals surface area (Å²) in [5, 5.41) is 0. The average molecular weight is 243 g/mol. The Morgan fingerprint density at radius 2 is 2.12 bits per heavy atom. The van der Waals surface area contributed by atoms with Crippen LogP contribution in [0.15, 0.2) is 24.3 Å². The molecule has 0 spiro atoms. The number of hydrogen-bond acceptors (Lipinski definition) is 2. The van der Waals surface area contributed by atoms with Gasteiger partial charge in [-0.2, -0.15) is 0 Å². The number of carbonyl (C=O) groups is 1. The molecule has 3 nitrogen and oxygen atoms in total. The van der Waals surface area contributed by atoms with Crippen LogP contribution in [0.4, 0.5) is 5.69 Å². The van der Waals surface area contributed by atoms with E-state index in [1.165, 1.54) is 0 Å². The predicted octanol–water partition coefficient (Wildman–Crippen LogP) is 2.12. The molecule has 16 heavy (non-hydrogen) atoms. The summed E-state index contributed by atoms with van der Waals surface area (Å²) in [7, 11) is 0. The molecule has 1 aromatic carbocycles. The normalized spacial score (nSPS) is 11.5. The van der Waals surface area contributed by atoms with Crippen molar-refractivity contribution < 1.29 is 4.79 Å². The maximum atomic E-state index is 11.8. The number of amides is 1. The molecule has 0 aliphatic rings. The molecule has 0 aliphatic heterocycles. The van der Waals surface area contributed by atoms with E-state index in [0.29, 0.717) is 6.54 Å². The Morgan fingerprint density at radius 1 is 1.50 bits per heavy atom. The van der Waals surface area contributed by atoms with E-state index in [1.807, 2.05) is 38.1 Å². The van der Waals surface area contributed by atoms with Gasteiger partial charge in [0.15, 0.2) is 0 Å². The van der Waals surface area contributed by atoms with Gasteiger partial charge in [-0.3, -0.25) is 4.79 Å². The van der Waals surface area contributed by atoms with Gasteiger partial charge in [-0.15, -0.1) is 12.4 Å². The number of benzene rings is 1. The van der Waals surface area contributed by atoms with Gasteiger partial charge in [0.1, 0.15) is 0 Å². The fourth-order valence-corrected chi connectivity index (χ4v) is 1.51. The zero-order valence-corrected chi connectivity index (χ0v) is 10.8. The van der Waals surface area contributed by atoms with Gasteiger partial charge in [-0.1, -0.05) is 12.1 Å². The Hall–Kier alpha value is -1.06. The van der Waals surface area contributed by atoms with Crippen LogP contribution >= 0.6 is 12.4 Å². The van der Waals surface area contributed by atoms with E-state index in [4.69, 9.17) is 5.73 Å². The molecule has 0 unspecified atom stereocenters. The van der Waals surface area contributed by atoms with Crippen molar-refractivity contribution in [2.24, 2.45) is 5.73 Å².